The van der Waals surface area contributed by atoms with Gasteiger partial charge >= 0.3 is 0 Å². The Hall–Kier alpha value is -2.79. The van der Waals surface area contributed by atoms with Crippen molar-refractivity contribution in [3.8, 4) is 0 Å². The van der Waals surface area contributed by atoms with E-state index in [1.807, 2.05) is 42.5 Å². The van der Waals surface area contributed by atoms with Gasteiger partial charge in [-0.1, -0.05) is 11.6 Å². The van der Waals surface area contributed by atoms with Crippen molar-refractivity contribution < 1.29 is 0 Å². The standard InChI is InChI=1S/C20H22ClN5/c1-3-26(4-2)18-11-9-17(10-12-18)24-20-22-14-13-19(25-20)23-16-7-5-15(21)6-8-16/h5-14H,3-4H2,1-2H3,(H2,22,23,24,25). The lowest BCUT2D eigenvalue weighted by Gasteiger charge is -2.21. The second-order valence-electron chi connectivity index (χ2n) is 5.74. The van der Waals surface area contributed by atoms with E-state index in [0.717, 1.165) is 24.5 Å². The van der Waals surface area contributed by atoms with Gasteiger partial charge in [-0.2, -0.15) is 4.98 Å². The maximum atomic E-state index is 5.91. The normalized spacial score (nSPS) is 10.4. The van der Waals surface area contributed by atoms with Crippen molar-refractivity contribution in [2.24, 2.45) is 0 Å². The molecule has 0 aliphatic carbocycles. The van der Waals surface area contributed by atoms with Crippen LogP contribution in [0.4, 0.5) is 28.8 Å². The quantitative estimate of drug-likeness (QED) is 0.580. The Balaban J connectivity index is 1.69. The number of rotatable bonds is 7. The summed E-state index contributed by atoms with van der Waals surface area (Å²) in [4.78, 5) is 11.1. The molecule has 0 bridgehead atoms. The van der Waals surface area contributed by atoms with Crippen LogP contribution in [0, 0.1) is 0 Å². The van der Waals surface area contributed by atoms with Gasteiger partial charge in [-0.05, 0) is 68.4 Å². The third-order valence-electron chi connectivity index (χ3n) is 4.02. The minimum atomic E-state index is 0.541. The summed E-state index contributed by atoms with van der Waals surface area (Å²) in [6, 6.07) is 17.6. The number of nitrogens with zero attached hydrogens (tertiary/aromatic N) is 3. The maximum Gasteiger partial charge on any atom is 0.229 e. The molecule has 0 radical (unpaired) electrons. The van der Waals surface area contributed by atoms with Gasteiger partial charge in [0.2, 0.25) is 5.95 Å². The Labute approximate surface area is 159 Å². The Kier molecular flexibility index (Phi) is 5.92. The molecule has 0 unspecified atom stereocenters. The minimum Gasteiger partial charge on any atom is -0.372 e. The molecule has 0 atom stereocenters. The van der Waals surface area contributed by atoms with Crippen LogP contribution in [0.3, 0.4) is 0 Å². The summed E-state index contributed by atoms with van der Waals surface area (Å²) in [6.45, 7) is 6.29. The highest BCUT2D eigenvalue weighted by Gasteiger charge is 2.04. The molecule has 1 heterocycles. The van der Waals surface area contributed by atoms with Crippen molar-refractivity contribution in [1.82, 2.24) is 9.97 Å². The number of aromatic nitrogens is 2. The monoisotopic (exact) mass is 367 g/mol. The van der Waals surface area contributed by atoms with E-state index in [1.54, 1.807) is 6.20 Å². The molecule has 3 rings (SSSR count). The number of hydrogen-bond donors (Lipinski definition) is 2. The molecule has 0 amide bonds. The lowest BCUT2D eigenvalue weighted by molar-refractivity contribution is 0.866. The summed E-state index contributed by atoms with van der Waals surface area (Å²) in [6.07, 6.45) is 1.72. The Morgan fingerprint density at radius 2 is 1.46 bits per heavy atom. The molecule has 0 saturated carbocycles. The van der Waals surface area contributed by atoms with Crippen LogP contribution in [0.2, 0.25) is 5.02 Å². The zero-order valence-corrected chi connectivity index (χ0v) is 15.7. The SMILES string of the molecule is CCN(CC)c1ccc(Nc2nccc(Nc3ccc(Cl)cc3)n2)cc1. The average molecular weight is 368 g/mol. The average Bonchev–Trinajstić information content (AvgIpc) is 2.66. The Morgan fingerprint density at radius 1 is 0.846 bits per heavy atom. The van der Waals surface area contributed by atoms with Crippen LogP contribution >= 0.6 is 11.6 Å². The maximum absolute atomic E-state index is 5.91. The van der Waals surface area contributed by atoms with Gasteiger partial charge in [-0.25, -0.2) is 4.98 Å². The van der Waals surface area contributed by atoms with Crippen LogP contribution in [0.15, 0.2) is 60.8 Å². The van der Waals surface area contributed by atoms with Gasteiger partial charge in [0, 0.05) is 41.4 Å². The molecular weight excluding hydrogens is 346 g/mol. The third-order valence-corrected chi connectivity index (χ3v) is 4.28. The fourth-order valence-electron chi connectivity index (χ4n) is 2.64. The van der Waals surface area contributed by atoms with E-state index in [4.69, 9.17) is 11.6 Å². The fourth-order valence-corrected chi connectivity index (χ4v) is 2.77. The summed E-state index contributed by atoms with van der Waals surface area (Å²) >= 11 is 5.91. The molecule has 0 saturated heterocycles. The van der Waals surface area contributed by atoms with Gasteiger partial charge < -0.3 is 15.5 Å². The number of nitrogens with one attached hydrogen (secondary N) is 2. The van der Waals surface area contributed by atoms with Gasteiger partial charge in [0.15, 0.2) is 0 Å². The topological polar surface area (TPSA) is 53.1 Å². The summed E-state index contributed by atoms with van der Waals surface area (Å²) in [5.41, 5.74) is 3.08. The number of benzene rings is 2. The van der Waals surface area contributed by atoms with Crippen LogP contribution in [0.1, 0.15) is 13.8 Å². The molecule has 134 valence electrons. The van der Waals surface area contributed by atoms with E-state index >= 15 is 0 Å². The van der Waals surface area contributed by atoms with Crippen molar-refractivity contribution in [3.63, 3.8) is 0 Å². The van der Waals surface area contributed by atoms with Gasteiger partial charge in [0.25, 0.3) is 0 Å². The molecule has 0 fully saturated rings. The van der Waals surface area contributed by atoms with E-state index in [2.05, 4.69) is 51.5 Å². The highest BCUT2D eigenvalue weighted by atomic mass is 35.5. The van der Waals surface area contributed by atoms with Gasteiger partial charge in [-0.3, -0.25) is 0 Å². The number of anilines is 5. The van der Waals surface area contributed by atoms with Gasteiger partial charge in [0.1, 0.15) is 5.82 Å². The summed E-state index contributed by atoms with van der Waals surface area (Å²) in [5.74, 6) is 1.25. The Bertz CT molecular complexity index is 830. The predicted octanol–water partition coefficient (Wildman–Crippen LogP) is 5.46. The molecule has 6 heteroatoms. The van der Waals surface area contributed by atoms with Crippen LogP contribution in [0.5, 0.6) is 0 Å². The van der Waals surface area contributed by atoms with Crippen molar-refractivity contribution >= 4 is 40.4 Å². The summed E-state index contributed by atoms with van der Waals surface area (Å²) in [7, 11) is 0. The van der Waals surface area contributed by atoms with Crippen molar-refractivity contribution in [1.29, 1.82) is 0 Å². The summed E-state index contributed by atoms with van der Waals surface area (Å²) < 4.78 is 0. The van der Waals surface area contributed by atoms with Crippen LogP contribution in [-0.2, 0) is 0 Å². The van der Waals surface area contributed by atoms with Crippen molar-refractivity contribution in [2.75, 3.05) is 28.6 Å². The highest BCUT2D eigenvalue weighted by molar-refractivity contribution is 6.30. The van der Waals surface area contributed by atoms with E-state index in [-0.39, 0.29) is 0 Å². The molecule has 0 spiro atoms. The van der Waals surface area contributed by atoms with Crippen molar-refractivity contribution in [2.45, 2.75) is 13.8 Å². The predicted molar refractivity (Wildman–Crippen MR) is 110 cm³/mol. The first-order chi connectivity index (χ1) is 12.7. The molecule has 2 aromatic carbocycles. The van der Waals surface area contributed by atoms with Crippen LogP contribution < -0.4 is 15.5 Å². The highest BCUT2D eigenvalue weighted by Crippen LogP contribution is 2.21. The van der Waals surface area contributed by atoms with E-state index in [0.29, 0.717) is 16.8 Å². The zero-order chi connectivity index (χ0) is 18.4. The number of hydrogen-bond acceptors (Lipinski definition) is 5. The van der Waals surface area contributed by atoms with Gasteiger partial charge in [0.05, 0.1) is 0 Å². The number of halogens is 1. The van der Waals surface area contributed by atoms with Crippen molar-refractivity contribution in [3.05, 3.63) is 65.8 Å². The van der Waals surface area contributed by atoms with Crippen LogP contribution in [-0.4, -0.2) is 23.1 Å². The molecule has 2 N–H and O–H groups in total. The molecule has 3 aromatic rings. The van der Waals surface area contributed by atoms with E-state index in [1.165, 1.54) is 5.69 Å². The van der Waals surface area contributed by atoms with E-state index in [9.17, 15) is 0 Å². The second kappa shape index (κ2) is 8.54. The van der Waals surface area contributed by atoms with E-state index < -0.39 is 0 Å². The molecule has 0 aliphatic heterocycles. The molecule has 1 aromatic heterocycles. The molecule has 0 aliphatic rings. The molecule has 5 nitrogen and oxygen atoms in total. The molecular formula is C20H22ClN5. The lowest BCUT2D eigenvalue weighted by Crippen LogP contribution is -2.21. The van der Waals surface area contributed by atoms with Crippen LogP contribution in [0.25, 0.3) is 0 Å². The summed E-state index contributed by atoms with van der Waals surface area (Å²) in [5, 5.41) is 7.18. The third kappa shape index (κ3) is 4.64. The lowest BCUT2D eigenvalue weighted by atomic mass is 10.2. The first-order valence-corrected chi connectivity index (χ1v) is 9.03. The molecule has 26 heavy (non-hydrogen) atoms. The first-order valence-electron chi connectivity index (χ1n) is 8.65. The largest absolute Gasteiger partial charge is 0.372 e. The fraction of sp³-hybridized carbons (Fsp3) is 0.200. The first kappa shape index (κ1) is 18.0. The smallest absolute Gasteiger partial charge is 0.229 e. The Morgan fingerprint density at radius 3 is 2.12 bits per heavy atom. The van der Waals surface area contributed by atoms with Gasteiger partial charge in [-0.15, -0.1) is 0 Å². The minimum absolute atomic E-state index is 0.541. The second-order valence-corrected chi connectivity index (χ2v) is 6.18. The zero-order valence-electron chi connectivity index (χ0n) is 14.9.